The molecule has 0 aliphatic carbocycles. The van der Waals surface area contributed by atoms with E-state index < -0.39 is 0 Å². The van der Waals surface area contributed by atoms with Crippen LogP contribution in [0.25, 0.3) is 0 Å². The van der Waals surface area contributed by atoms with E-state index in [1.165, 1.54) is 0 Å². The van der Waals surface area contributed by atoms with Crippen molar-refractivity contribution in [3.05, 3.63) is 24.3 Å². The summed E-state index contributed by atoms with van der Waals surface area (Å²) in [6, 6.07) is 7.57. The fourth-order valence-corrected chi connectivity index (χ4v) is 1.13. The van der Waals surface area contributed by atoms with Crippen LogP contribution in [-0.2, 0) is 0 Å². The maximum Gasteiger partial charge on any atom is 0.120 e. The van der Waals surface area contributed by atoms with E-state index in [9.17, 15) is 0 Å². The SMILES string of the molecule is CCOc1ccc(OC(C)(C)CN)cc1. The quantitative estimate of drug-likeness (QED) is 0.808. The van der Waals surface area contributed by atoms with Crippen molar-refractivity contribution in [1.82, 2.24) is 0 Å². The van der Waals surface area contributed by atoms with Crippen LogP contribution in [0.15, 0.2) is 24.3 Å². The molecule has 15 heavy (non-hydrogen) atoms. The predicted octanol–water partition coefficient (Wildman–Crippen LogP) is 2.20. The van der Waals surface area contributed by atoms with E-state index in [0.29, 0.717) is 13.2 Å². The highest BCUT2D eigenvalue weighted by molar-refractivity contribution is 5.31. The number of rotatable bonds is 5. The Balaban J connectivity index is 2.64. The van der Waals surface area contributed by atoms with Gasteiger partial charge in [-0.15, -0.1) is 0 Å². The zero-order chi connectivity index (χ0) is 11.3. The zero-order valence-corrected chi connectivity index (χ0v) is 9.62. The highest BCUT2D eigenvalue weighted by Gasteiger charge is 2.16. The molecule has 0 saturated heterocycles. The number of hydrogen-bond acceptors (Lipinski definition) is 3. The van der Waals surface area contributed by atoms with E-state index in [1.807, 2.05) is 45.0 Å². The highest BCUT2D eigenvalue weighted by atomic mass is 16.5. The maximum atomic E-state index is 5.70. The van der Waals surface area contributed by atoms with Crippen molar-refractivity contribution in [3.8, 4) is 11.5 Å². The standard InChI is InChI=1S/C12H19NO2/c1-4-14-10-5-7-11(8-6-10)15-12(2,3)9-13/h5-8H,4,9,13H2,1-3H3. The minimum atomic E-state index is -0.326. The summed E-state index contributed by atoms with van der Waals surface area (Å²) in [6.07, 6.45) is 0. The molecular formula is C12H19NO2. The fraction of sp³-hybridized carbons (Fsp3) is 0.500. The van der Waals surface area contributed by atoms with E-state index in [1.54, 1.807) is 0 Å². The second-order valence-corrected chi connectivity index (χ2v) is 3.97. The van der Waals surface area contributed by atoms with Crippen molar-refractivity contribution < 1.29 is 9.47 Å². The average molecular weight is 209 g/mol. The van der Waals surface area contributed by atoms with Gasteiger partial charge in [0, 0.05) is 6.54 Å². The van der Waals surface area contributed by atoms with Gasteiger partial charge < -0.3 is 15.2 Å². The van der Waals surface area contributed by atoms with Crippen molar-refractivity contribution in [3.63, 3.8) is 0 Å². The molecule has 0 amide bonds. The van der Waals surface area contributed by atoms with Crippen LogP contribution in [0.1, 0.15) is 20.8 Å². The lowest BCUT2D eigenvalue weighted by Crippen LogP contribution is -2.37. The number of ether oxygens (including phenoxy) is 2. The highest BCUT2D eigenvalue weighted by Crippen LogP contribution is 2.21. The van der Waals surface area contributed by atoms with Gasteiger partial charge in [0.2, 0.25) is 0 Å². The van der Waals surface area contributed by atoms with Crippen molar-refractivity contribution in [2.24, 2.45) is 5.73 Å². The van der Waals surface area contributed by atoms with Gasteiger partial charge in [-0.3, -0.25) is 0 Å². The van der Waals surface area contributed by atoms with Crippen LogP contribution < -0.4 is 15.2 Å². The summed E-state index contributed by atoms with van der Waals surface area (Å²) in [4.78, 5) is 0. The molecule has 0 heterocycles. The molecule has 1 aromatic rings. The summed E-state index contributed by atoms with van der Waals surface area (Å²) in [5.74, 6) is 1.67. The summed E-state index contributed by atoms with van der Waals surface area (Å²) in [5, 5.41) is 0. The molecule has 1 aromatic carbocycles. The molecule has 0 radical (unpaired) electrons. The van der Waals surface area contributed by atoms with E-state index in [2.05, 4.69) is 0 Å². The molecule has 0 atom stereocenters. The predicted molar refractivity (Wildman–Crippen MR) is 61.4 cm³/mol. The lowest BCUT2D eigenvalue weighted by atomic mass is 10.1. The Hall–Kier alpha value is -1.22. The van der Waals surface area contributed by atoms with Gasteiger partial charge >= 0.3 is 0 Å². The molecule has 0 spiro atoms. The van der Waals surface area contributed by atoms with Gasteiger partial charge in [0.1, 0.15) is 17.1 Å². The van der Waals surface area contributed by atoms with Gasteiger partial charge in [-0.2, -0.15) is 0 Å². The molecule has 0 saturated carbocycles. The van der Waals surface area contributed by atoms with Gasteiger partial charge in [-0.25, -0.2) is 0 Å². The second kappa shape index (κ2) is 5.03. The molecule has 0 aromatic heterocycles. The van der Waals surface area contributed by atoms with Gasteiger partial charge in [0.15, 0.2) is 0 Å². The Morgan fingerprint density at radius 3 is 2.13 bits per heavy atom. The van der Waals surface area contributed by atoms with Gasteiger partial charge in [0.25, 0.3) is 0 Å². The summed E-state index contributed by atoms with van der Waals surface area (Å²) < 4.78 is 11.0. The van der Waals surface area contributed by atoms with Crippen LogP contribution in [0.2, 0.25) is 0 Å². The zero-order valence-electron chi connectivity index (χ0n) is 9.62. The Bertz CT molecular complexity index is 293. The van der Waals surface area contributed by atoms with Crippen molar-refractivity contribution in [2.45, 2.75) is 26.4 Å². The number of benzene rings is 1. The van der Waals surface area contributed by atoms with Crippen molar-refractivity contribution in [1.29, 1.82) is 0 Å². The largest absolute Gasteiger partial charge is 0.494 e. The minimum Gasteiger partial charge on any atom is -0.494 e. The van der Waals surface area contributed by atoms with Crippen molar-refractivity contribution >= 4 is 0 Å². The lowest BCUT2D eigenvalue weighted by Gasteiger charge is -2.24. The third kappa shape index (κ3) is 3.80. The van der Waals surface area contributed by atoms with E-state index >= 15 is 0 Å². The third-order valence-corrected chi connectivity index (χ3v) is 2.02. The second-order valence-electron chi connectivity index (χ2n) is 3.97. The molecular weight excluding hydrogens is 190 g/mol. The molecule has 3 heteroatoms. The summed E-state index contributed by atoms with van der Waals surface area (Å²) in [7, 11) is 0. The molecule has 2 N–H and O–H groups in total. The molecule has 0 aliphatic rings. The van der Waals surface area contributed by atoms with Crippen LogP contribution in [0, 0.1) is 0 Å². The number of hydrogen-bond donors (Lipinski definition) is 1. The van der Waals surface area contributed by atoms with Crippen LogP contribution >= 0.6 is 0 Å². The molecule has 3 nitrogen and oxygen atoms in total. The summed E-state index contributed by atoms with van der Waals surface area (Å²) in [5.41, 5.74) is 5.26. The molecule has 0 aliphatic heterocycles. The van der Waals surface area contributed by atoms with Crippen LogP contribution in [0.3, 0.4) is 0 Å². The molecule has 84 valence electrons. The smallest absolute Gasteiger partial charge is 0.120 e. The first-order valence-corrected chi connectivity index (χ1v) is 5.19. The monoisotopic (exact) mass is 209 g/mol. The van der Waals surface area contributed by atoms with E-state index in [-0.39, 0.29) is 5.60 Å². The molecule has 0 fully saturated rings. The Morgan fingerprint density at radius 1 is 1.13 bits per heavy atom. The topological polar surface area (TPSA) is 44.5 Å². The van der Waals surface area contributed by atoms with Crippen LogP contribution in [-0.4, -0.2) is 18.8 Å². The van der Waals surface area contributed by atoms with Crippen LogP contribution in [0.4, 0.5) is 0 Å². The van der Waals surface area contributed by atoms with Crippen LogP contribution in [0.5, 0.6) is 11.5 Å². The first-order valence-electron chi connectivity index (χ1n) is 5.19. The maximum absolute atomic E-state index is 5.70. The fourth-order valence-electron chi connectivity index (χ4n) is 1.13. The minimum absolute atomic E-state index is 0.326. The van der Waals surface area contributed by atoms with Crippen molar-refractivity contribution in [2.75, 3.05) is 13.2 Å². The Morgan fingerprint density at radius 2 is 1.67 bits per heavy atom. The first kappa shape index (κ1) is 11.9. The first-order chi connectivity index (χ1) is 7.07. The number of nitrogens with two attached hydrogens (primary N) is 1. The molecule has 0 unspecified atom stereocenters. The lowest BCUT2D eigenvalue weighted by molar-refractivity contribution is 0.118. The Kier molecular flexibility index (Phi) is 3.97. The summed E-state index contributed by atoms with van der Waals surface area (Å²) >= 11 is 0. The average Bonchev–Trinajstić information content (AvgIpc) is 2.21. The summed E-state index contributed by atoms with van der Waals surface area (Å²) in [6.45, 7) is 7.05. The van der Waals surface area contributed by atoms with Gasteiger partial charge in [-0.1, -0.05) is 0 Å². The molecule has 1 rings (SSSR count). The third-order valence-electron chi connectivity index (χ3n) is 2.02. The van der Waals surface area contributed by atoms with E-state index in [0.717, 1.165) is 11.5 Å². The van der Waals surface area contributed by atoms with Gasteiger partial charge in [-0.05, 0) is 45.0 Å². The van der Waals surface area contributed by atoms with E-state index in [4.69, 9.17) is 15.2 Å². The molecule has 0 bridgehead atoms. The Labute approximate surface area is 91.2 Å². The normalized spacial score (nSPS) is 11.2. The van der Waals surface area contributed by atoms with Gasteiger partial charge in [0.05, 0.1) is 6.61 Å².